The van der Waals surface area contributed by atoms with Crippen molar-refractivity contribution in [2.45, 2.75) is 19.4 Å². The van der Waals surface area contributed by atoms with Gasteiger partial charge in [-0.15, -0.1) is 0 Å². The third kappa shape index (κ3) is 1.92. The average molecular weight is 181 g/mol. The molecule has 70 valence electrons. The maximum absolute atomic E-state index is 12.5. The molecule has 0 radical (unpaired) electrons. The van der Waals surface area contributed by atoms with Crippen LogP contribution in [0.4, 0.5) is 4.39 Å². The minimum Gasteiger partial charge on any atom is -0.379 e. The Bertz CT molecular complexity index is 316. The number of rotatable bonds is 2. The normalized spacial score (nSPS) is 15.1. The highest BCUT2D eigenvalue weighted by Gasteiger charge is 2.25. The largest absolute Gasteiger partial charge is 0.379 e. The van der Waals surface area contributed by atoms with E-state index < -0.39 is 11.4 Å². The lowest BCUT2D eigenvalue weighted by atomic mass is 9.94. The van der Waals surface area contributed by atoms with Crippen LogP contribution in [0.5, 0.6) is 0 Å². The first-order valence-electron chi connectivity index (χ1n) is 3.95. The zero-order chi connectivity index (χ0) is 10.1. The predicted molar refractivity (Wildman–Crippen MR) is 48.6 cm³/mol. The highest BCUT2D eigenvalue weighted by molar-refractivity contribution is 5.23. The molecular weight excluding hydrogens is 169 g/mol. The summed E-state index contributed by atoms with van der Waals surface area (Å²) in [5.74, 6) is -0.415. The summed E-state index contributed by atoms with van der Waals surface area (Å²) < 4.78 is 12.5. The number of aromatic nitrogens is 1. The first-order valence-corrected chi connectivity index (χ1v) is 3.95. The molecule has 0 fully saturated rings. The Labute approximate surface area is 76.7 Å². The van der Waals surface area contributed by atoms with E-state index in [-0.39, 0.29) is 0 Å². The number of hydrogen-bond donors (Lipinski definition) is 1. The van der Waals surface area contributed by atoms with Crippen LogP contribution in [0.15, 0.2) is 30.5 Å². The van der Waals surface area contributed by atoms with Crippen LogP contribution in [0.3, 0.4) is 0 Å². The summed E-state index contributed by atoms with van der Waals surface area (Å²) >= 11 is 0. The highest BCUT2D eigenvalue weighted by Crippen LogP contribution is 2.25. The second kappa shape index (κ2) is 3.26. The Morgan fingerprint density at radius 2 is 2.23 bits per heavy atom. The number of hydrogen-bond acceptors (Lipinski definition) is 2. The molecule has 1 unspecified atom stereocenters. The summed E-state index contributed by atoms with van der Waals surface area (Å²) in [6.45, 7) is 6.92. The summed E-state index contributed by atoms with van der Waals surface area (Å²) in [7, 11) is 0. The van der Waals surface area contributed by atoms with Crippen molar-refractivity contribution >= 4 is 0 Å². The molecule has 1 N–H and O–H groups in total. The third-order valence-corrected chi connectivity index (χ3v) is 2.06. The molecule has 3 heteroatoms. The van der Waals surface area contributed by atoms with Gasteiger partial charge in [0.15, 0.2) is 0 Å². The molecule has 0 saturated carbocycles. The van der Waals surface area contributed by atoms with Crippen LogP contribution in [0.25, 0.3) is 0 Å². The van der Waals surface area contributed by atoms with Crippen LogP contribution < -0.4 is 0 Å². The highest BCUT2D eigenvalue weighted by atomic mass is 19.1. The van der Waals surface area contributed by atoms with E-state index in [9.17, 15) is 9.50 Å². The van der Waals surface area contributed by atoms with Gasteiger partial charge in [0.2, 0.25) is 0 Å². The summed E-state index contributed by atoms with van der Waals surface area (Å²) in [6, 6.07) is 2.71. The molecule has 0 aliphatic rings. The molecule has 0 bridgehead atoms. The van der Waals surface area contributed by atoms with Gasteiger partial charge in [0, 0.05) is 0 Å². The Morgan fingerprint density at radius 1 is 1.62 bits per heavy atom. The summed E-state index contributed by atoms with van der Waals surface area (Å²) in [5.41, 5.74) is -0.207. The zero-order valence-corrected chi connectivity index (χ0v) is 7.71. The predicted octanol–water partition coefficient (Wildman–Crippen LogP) is 2.00. The third-order valence-electron chi connectivity index (χ3n) is 2.06. The number of halogens is 1. The number of pyridine rings is 1. The molecule has 0 aliphatic carbocycles. The van der Waals surface area contributed by atoms with Gasteiger partial charge in [-0.05, 0) is 31.6 Å². The van der Waals surface area contributed by atoms with Crippen LogP contribution in [0.2, 0.25) is 0 Å². The molecule has 1 heterocycles. The summed E-state index contributed by atoms with van der Waals surface area (Å²) in [6.07, 6.45) is 1.08. The second-order valence-corrected chi connectivity index (χ2v) is 3.21. The molecule has 1 rings (SSSR count). The van der Waals surface area contributed by atoms with Gasteiger partial charge < -0.3 is 5.11 Å². The molecule has 1 aromatic heterocycles. The molecule has 0 aliphatic heterocycles. The van der Waals surface area contributed by atoms with Gasteiger partial charge in [0.05, 0.1) is 11.9 Å². The monoisotopic (exact) mass is 181 g/mol. The maximum atomic E-state index is 12.5. The molecule has 0 aromatic carbocycles. The van der Waals surface area contributed by atoms with Crippen molar-refractivity contribution < 1.29 is 9.50 Å². The van der Waals surface area contributed by atoms with Crippen LogP contribution >= 0.6 is 0 Å². The van der Waals surface area contributed by atoms with Gasteiger partial charge in [0.1, 0.15) is 11.4 Å². The first-order chi connectivity index (χ1) is 5.94. The van der Waals surface area contributed by atoms with Gasteiger partial charge in [-0.3, -0.25) is 4.98 Å². The lowest BCUT2D eigenvalue weighted by Gasteiger charge is -2.22. The fourth-order valence-corrected chi connectivity index (χ4v) is 0.882. The van der Waals surface area contributed by atoms with E-state index in [4.69, 9.17) is 0 Å². The van der Waals surface area contributed by atoms with E-state index in [2.05, 4.69) is 11.6 Å². The Kier molecular flexibility index (Phi) is 2.48. The SMILES string of the molecule is C=C(C)C(C)(O)c1ccc(F)cn1. The molecule has 1 atom stereocenters. The van der Waals surface area contributed by atoms with Crippen LogP contribution in [0, 0.1) is 5.82 Å². The minimum absolute atomic E-state index is 0.404. The minimum atomic E-state index is -1.19. The smallest absolute Gasteiger partial charge is 0.141 e. The van der Waals surface area contributed by atoms with Gasteiger partial charge in [-0.1, -0.05) is 6.58 Å². The Balaban J connectivity index is 3.08. The molecule has 2 nitrogen and oxygen atoms in total. The number of nitrogens with zero attached hydrogens (tertiary/aromatic N) is 1. The Morgan fingerprint density at radius 3 is 2.62 bits per heavy atom. The van der Waals surface area contributed by atoms with Gasteiger partial charge in [-0.25, -0.2) is 4.39 Å². The van der Waals surface area contributed by atoms with Crippen molar-refractivity contribution in [3.05, 3.63) is 42.0 Å². The summed E-state index contributed by atoms with van der Waals surface area (Å²) in [5, 5.41) is 9.87. The van der Waals surface area contributed by atoms with E-state index in [0.717, 1.165) is 6.20 Å². The van der Waals surface area contributed by atoms with Crippen LogP contribution in [0.1, 0.15) is 19.5 Å². The maximum Gasteiger partial charge on any atom is 0.141 e. The zero-order valence-electron chi connectivity index (χ0n) is 7.71. The van der Waals surface area contributed by atoms with E-state index in [1.54, 1.807) is 13.8 Å². The van der Waals surface area contributed by atoms with Crippen molar-refractivity contribution in [2.75, 3.05) is 0 Å². The lowest BCUT2D eigenvalue weighted by molar-refractivity contribution is 0.0931. The lowest BCUT2D eigenvalue weighted by Crippen LogP contribution is -2.23. The van der Waals surface area contributed by atoms with Gasteiger partial charge in [-0.2, -0.15) is 0 Å². The molecule has 0 amide bonds. The molecule has 13 heavy (non-hydrogen) atoms. The van der Waals surface area contributed by atoms with E-state index >= 15 is 0 Å². The van der Waals surface area contributed by atoms with E-state index in [0.29, 0.717) is 11.3 Å². The quantitative estimate of drug-likeness (QED) is 0.708. The van der Waals surface area contributed by atoms with Gasteiger partial charge in [0.25, 0.3) is 0 Å². The standard InChI is InChI=1S/C10H12FNO/c1-7(2)10(3,13)9-5-4-8(11)6-12-9/h4-6,13H,1H2,2-3H3. The second-order valence-electron chi connectivity index (χ2n) is 3.21. The van der Waals surface area contributed by atoms with Crippen molar-refractivity contribution in [2.24, 2.45) is 0 Å². The average Bonchev–Trinajstić information content (AvgIpc) is 2.04. The van der Waals surface area contributed by atoms with Crippen molar-refractivity contribution in [3.8, 4) is 0 Å². The molecule has 0 spiro atoms. The molecule has 1 aromatic rings. The topological polar surface area (TPSA) is 33.1 Å². The Hall–Kier alpha value is -1.22. The first kappa shape index (κ1) is 9.86. The van der Waals surface area contributed by atoms with Crippen molar-refractivity contribution in [1.29, 1.82) is 0 Å². The van der Waals surface area contributed by atoms with Gasteiger partial charge >= 0.3 is 0 Å². The van der Waals surface area contributed by atoms with Crippen molar-refractivity contribution in [1.82, 2.24) is 4.98 Å². The molecule has 0 saturated heterocycles. The number of aliphatic hydroxyl groups is 1. The van der Waals surface area contributed by atoms with E-state index in [1.165, 1.54) is 12.1 Å². The van der Waals surface area contributed by atoms with Crippen LogP contribution in [-0.2, 0) is 5.60 Å². The molecular formula is C10H12FNO. The summed E-state index contributed by atoms with van der Waals surface area (Å²) in [4.78, 5) is 3.79. The fraction of sp³-hybridized carbons (Fsp3) is 0.300. The van der Waals surface area contributed by atoms with Crippen LogP contribution in [-0.4, -0.2) is 10.1 Å². The fourth-order valence-electron chi connectivity index (χ4n) is 0.882. The van der Waals surface area contributed by atoms with E-state index in [1.807, 2.05) is 0 Å². The van der Waals surface area contributed by atoms with Crippen molar-refractivity contribution in [3.63, 3.8) is 0 Å².